The van der Waals surface area contributed by atoms with Crippen molar-refractivity contribution in [2.24, 2.45) is 0 Å². The molecule has 0 aliphatic heterocycles. The predicted molar refractivity (Wildman–Crippen MR) is 64.7 cm³/mol. The van der Waals surface area contributed by atoms with Gasteiger partial charge < -0.3 is 10.6 Å². The fraction of sp³-hybridized carbons (Fsp3) is 0.273. The summed E-state index contributed by atoms with van der Waals surface area (Å²) in [7, 11) is 0. The van der Waals surface area contributed by atoms with Gasteiger partial charge in [-0.3, -0.25) is 9.59 Å². The first-order valence-corrected chi connectivity index (χ1v) is 5.27. The number of amides is 2. The average Bonchev–Trinajstić information content (AvgIpc) is 2.22. The van der Waals surface area contributed by atoms with Gasteiger partial charge in [-0.1, -0.05) is 18.5 Å². The van der Waals surface area contributed by atoms with Crippen molar-refractivity contribution in [2.45, 2.75) is 20.3 Å². The van der Waals surface area contributed by atoms with Crippen LogP contribution >= 0.6 is 11.6 Å². The lowest BCUT2D eigenvalue weighted by Crippen LogP contribution is -2.11. The van der Waals surface area contributed by atoms with Gasteiger partial charge in [0.05, 0.1) is 10.7 Å². The van der Waals surface area contributed by atoms with E-state index in [1.54, 1.807) is 25.1 Å². The van der Waals surface area contributed by atoms with Crippen LogP contribution < -0.4 is 10.6 Å². The summed E-state index contributed by atoms with van der Waals surface area (Å²) in [5.41, 5.74) is 1.10. The molecule has 2 N–H and O–H groups in total. The first-order valence-electron chi connectivity index (χ1n) is 4.90. The van der Waals surface area contributed by atoms with Crippen LogP contribution in [-0.4, -0.2) is 11.8 Å². The van der Waals surface area contributed by atoms with Crippen molar-refractivity contribution in [1.29, 1.82) is 0 Å². The summed E-state index contributed by atoms with van der Waals surface area (Å²) in [6.07, 6.45) is 0.401. The third kappa shape index (κ3) is 3.55. The SMILES string of the molecule is CCC(=O)Nc1ccc(Cl)c(NC(C)=O)c1. The number of anilines is 2. The zero-order valence-corrected chi connectivity index (χ0v) is 9.89. The van der Waals surface area contributed by atoms with Crippen molar-refractivity contribution in [3.63, 3.8) is 0 Å². The van der Waals surface area contributed by atoms with Crippen LogP contribution in [0.15, 0.2) is 18.2 Å². The quantitative estimate of drug-likeness (QED) is 0.853. The number of carbonyl (C=O) groups is 2. The molecule has 0 atom stereocenters. The molecule has 0 spiro atoms. The number of halogens is 1. The van der Waals surface area contributed by atoms with Gasteiger partial charge in [-0.15, -0.1) is 0 Å². The highest BCUT2D eigenvalue weighted by Crippen LogP contribution is 2.25. The lowest BCUT2D eigenvalue weighted by Gasteiger charge is -2.08. The van der Waals surface area contributed by atoms with Crippen LogP contribution in [0.1, 0.15) is 20.3 Å². The molecule has 1 aromatic rings. The summed E-state index contributed by atoms with van der Waals surface area (Å²) in [5.74, 6) is -0.294. The molecule has 1 aromatic carbocycles. The number of nitrogens with one attached hydrogen (secondary N) is 2. The van der Waals surface area contributed by atoms with Crippen LogP contribution in [0.2, 0.25) is 5.02 Å². The minimum absolute atomic E-state index is 0.0869. The topological polar surface area (TPSA) is 58.2 Å². The van der Waals surface area contributed by atoms with Crippen LogP contribution in [-0.2, 0) is 9.59 Å². The lowest BCUT2D eigenvalue weighted by molar-refractivity contribution is -0.116. The number of hydrogen-bond acceptors (Lipinski definition) is 2. The fourth-order valence-corrected chi connectivity index (χ4v) is 1.30. The highest BCUT2D eigenvalue weighted by Gasteiger charge is 2.05. The minimum Gasteiger partial charge on any atom is -0.326 e. The predicted octanol–water partition coefficient (Wildman–Crippen LogP) is 2.65. The van der Waals surface area contributed by atoms with E-state index in [0.29, 0.717) is 22.8 Å². The van der Waals surface area contributed by atoms with Gasteiger partial charge in [-0.25, -0.2) is 0 Å². The zero-order valence-electron chi connectivity index (χ0n) is 9.13. The van der Waals surface area contributed by atoms with Crippen molar-refractivity contribution < 1.29 is 9.59 Å². The summed E-state index contributed by atoms with van der Waals surface area (Å²) in [6.45, 7) is 3.16. The third-order valence-corrected chi connectivity index (χ3v) is 2.21. The Kier molecular flexibility index (Phi) is 4.31. The molecule has 0 heterocycles. The van der Waals surface area contributed by atoms with Gasteiger partial charge >= 0.3 is 0 Å². The molecule has 0 radical (unpaired) electrons. The van der Waals surface area contributed by atoms with Gasteiger partial charge in [-0.2, -0.15) is 0 Å². The maximum atomic E-state index is 11.2. The van der Waals surface area contributed by atoms with Gasteiger partial charge in [0.1, 0.15) is 0 Å². The smallest absolute Gasteiger partial charge is 0.224 e. The average molecular weight is 241 g/mol. The molecular formula is C11H13ClN2O2. The molecule has 86 valence electrons. The number of carbonyl (C=O) groups excluding carboxylic acids is 2. The van der Waals surface area contributed by atoms with Crippen LogP contribution in [0, 0.1) is 0 Å². The Hall–Kier alpha value is -1.55. The molecule has 0 aliphatic carbocycles. The highest BCUT2D eigenvalue weighted by atomic mass is 35.5. The van der Waals surface area contributed by atoms with E-state index in [0.717, 1.165) is 0 Å². The van der Waals surface area contributed by atoms with E-state index in [4.69, 9.17) is 11.6 Å². The molecule has 0 fully saturated rings. The van der Waals surface area contributed by atoms with Crippen LogP contribution in [0.5, 0.6) is 0 Å². The van der Waals surface area contributed by atoms with Crippen LogP contribution in [0.25, 0.3) is 0 Å². The summed E-state index contributed by atoms with van der Waals surface area (Å²) >= 11 is 5.88. The maximum Gasteiger partial charge on any atom is 0.224 e. The van der Waals surface area contributed by atoms with E-state index in [9.17, 15) is 9.59 Å². The summed E-state index contributed by atoms with van der Waals surface area (Å²) in [6, 6.07) is 4.93. The molecular weight excluding hydrogens is 228 g/mol. The molecule has 16 heavy (non-hydrogen) atoms. The van der Waals surface area contributed by atoms with Crippen molar-refractivity contribution in [3.8, 4) is 0 Å². The van der Waals surface area contributed by atoms with Crippen molar-refractivity contribution >= 4 is 34.8 Å². The monoisotopic (exact) mass is 240 g/mol. The van der Waals surface area contributed by atoms with Crippen molar-refractivity contribution in [1.82, 2.24) is 0 Å². The zero-order chi connectivity index (χ0) is 12.1. The Balaban J connectivity index is 2.88. The molecule has 0 bridgehead atoms. The van der Waals surface area contributed by atoms with Gasteiger partial charge in [0, 0.05) is 19.0 Å². The second-order valence-electron chi connectivity index (χ2n) is 3.28. The largest absolute Gasteiger partial charge is 0.326 e. The summed E-state index contributed by atoms with van der Waals surface area (Å²) < 4.78 is 0. The van der Waals surface area contributed by atoms with Gasteiger partial charge in [-0.05, 0) is 18.2 Å². The van der Waals surface area contributed by atoms with E-state index >= 15 is 0 Å². The van der Waals surface area contributed by atoms with E-state index in [1.165, 1.54) is 6.92 Å². The Morgan fingerprint density at radius 3 is 2.56 bits per heavy atom. The summed E-state index contributed by atoms with van der Waals surface area (Å²) in [4.78, 5) is 22.1. The molecule has 0 aromatic heterocycles. The molecule has 0 saturated heterocycles. The first-order chi connectivity index (χ1) is 7.52. The molecule has 5 heteroatoms. The first kappa shape index (κ1) is 12.5. The minimum atomic E-state index is -0.208. The van der Waals surface area contributed by atoms with Crippen LogP contribution in [0.3, 0.4) is 0 Å². The fourth-order valence-electron chi connectivity index (χ4n) is 1.14. The Morgan fingerprint density at radius 2 is 2.00 bits per heavy atom. The second-order valence-corrected chi connectivity index (χ2v) is 3.68. The Labute approximate surface area is 99.0 Å². The van der Waals surface area contributed by atoms with Crippen molar-refractivity contribution in [3.05, 3.63) is 23.2 Å². The normalized spacial score (nSPS) is 9.69. The number of benzene rings is 1. The van der Waals surface area contributed by atoms with E-state index < -0.39 is 0 Å². The number of rotatable bonds is 3. The summed E-state index contributed by atoms with van der Waals surface area (Å²) in [5, 5.41) is 5.70. The second kappa shape index (κ2) is 5.51. The molecule has 0 aliphatic rings. The van der Waals surface area contributed by atoms with E-state index in [2.05, 4.69) is 10.6 Å². The Morgan fingerprint density at radius 1 is 1.31 bits per heavy atom. The molecule has 2 amide bonds. The molecule has 0 unspecified atom stereocenters. The maximum absolute atomic E-state index is 11.2. The van der Waals surface area contributed by atoms with Crippen LogP contribution in [0.4, 0.5) is 11.4 Å². The molecule has 0 saturated carbocycles. The van der Waals surface area contributed by atoms with E-state index in [1.807, 2.05) is 0 Å². The van der Waals surface area contributed by atoms with E-state index in [-0.39, 0.29) is 11.8 Å². The van der Waals surface area contributed by atoms with Gasteiger partial charge in [0.15, 0.2) is 0 Å². The third-order valence-electron chi connectivity index (χ3n) is 1.88. The lowest BCUT2D eigenvalue weighted by atomic mass is 10.2. The molecule has 1 rings (SSSR count). The standard InChI is InChI=1S/C11H13ClN2O2/c1-3-11(16)14-8-4-5-9(12)10(6-8)13-7(2)15/h4-6H,3H2,1-2H3,(H,13,15)(H,14,16). The van der Waals surface area contributed by atoms with Crippen molar-refractivity contribution in [2.75, 3.05) is 10.6 Å². The number of hydrogen-bond donors (Lipinski definition) is 2. The highest BCUT2D eigenvalue weighted by molar-refractivity contribution is 6.33. The Bertz CT molecular complexity index is 418. The van der Waals surface area contributed by atoms with Gasteiger partial charge in [0.25, 0.3) is 0 Å². The molecule has 4 nitrogen and oxygen atoms in total. The van der Waals surface area contributed by atoms with Gasteiger partial charge in [0.2, 0.25) is 11.8 Å².